The van der Waals surface area contributed by atoms with Crippen molar-refractivity contribution in [3.63, 3.8) is 0 Å². The highest BCUT2D eigenvalue weighted by atomic mass is 127. The predicted octanol–water partition coefficient (Wildman–Crippen LogP) is 2.38. The van der Waals surface area contributed by atoms with E-state index in [1.807, 2.05) is 22.6 Å². The van der Waals surface area contributed by atoms with Crippen molar-refractivity contribution in [1.29, 1.82) is 0 Å². The number of alkyl halides is 2. The van der Waals surface area contributed by atoms with Crippen LogP contribution in [-0.4, -0.2) is 11.7 Å². The zero-order chi connectivity index (χ0) is 9.19. The van der Waals surface area contributed by atoms with Crippen LogP contribution in [-0.2, 0) is 5.92 Å². The fraction of sp³-hybridized carbons (Fsp3) is 0.250. The first-order chi connectivity index (χ1) is 5.56. The van der Waals surface area contributed by atoms with E-state index in [0.29, 0.717) is 0 Å². The topological polar surface area (TPSA) is 20.2 Å². The summed E-state index contributed by atoms with van der Waals surface area (Å²) >= 11 is 1.95. The average molecular weight is 284 g/mol. The first-order valence-electron chi connectivity index (χ1n) is 3.31. The molecule has 1 aromatic rings. The van der Waals surface area contributed by atoms with Gasteiger partial charge >= 0.3 is 0 Å². The van der Waals surface area contributed by atoms with Gasteiger partial charge in [-0.2, -0.15) is 8.78 Å². The summed E-state index contributed by atoms with van der Waals surface area (Å²) in [6, 6.07) is 5.92. The van der Waals surface area contributed by atoms with Crippen molar-refractivity contribution in [3.05, 3.63) is 33.4 Å². The molecule has 0 unspecified atom stereocenters. The Labute approximate surface area is 82.5 Å². The van der Waals surface area contributed by atoms with Gasteiger partial charge in [-0.3, -0.25) is 0 Å². The maximum absolute atomic E-state index is 12.8. The van der Waals surface area contributed by atoms with Crippen LogP contribution in [0.1, 0.15) is 5.56 Å². The Kier molecular flexibility index (Phi) is 3.00. The number of aliphatic hydroxyl groups is 1. The van der Waals surface area contributed by atoms with E-state index in [1.165, 1.54) is 12.1 Å². The van der Waals surface area contributed by atoms with E-state index in [0.717, 1.165) is 3.57 Å². The number of rotatable bonds is 2. The smallest absolute Gasteiger partial charge is 0.295 e. The Hall–Kier alpha value is -0.230. The highest BCUT2D eigenvalue weighted by Crippen LogP contribution is 2.27. The van der Waals surface area contributed by atoms with Crippen molar-refractivity contribution in [1.82, 2.24) is 0 Å². The average Bonchev–Trinajstić information content (AvgIpc) is 2.05. The monoisotopic (exact) mass is 284 g/mol. The van der Waals surface area contributed by atoms with Gasteiger partial charge in [0.15, 0.2) is 0 Å². The van der Waals surface area contributed by atoms with Gasteiger partial charge in [-0.15, -0.1) is 0 Å². The van der Waals surface area contributed by atoms with E-state index < -0.39 is 12.5 Å². The normalized spacial score (nSPS) is 11.7. The van der Waals surface area contributed by atoms with Crippen LogP contribution in [0.3, 0.4) is 0 Å². The summed E-state index contributed by atoms with van der Waals surface area (Å²) in [7, 11) is 0. The Morgan fingerprint density at radius 3 is 2.58 bits per heavy atom. The number of aliphatic hydroxyl groups excluding tert-OH is 1. The van der Waals surface area contributed by atoms with Crippen molar-refractivity contribution >= 4 is 22.6 Å². The minimum atomic E-state index is -3.12. The molecule has 66 valence electrons. The van der Waals surface area contributed by atoms with Gasteiger partial charge in [0, 0.05) is 9.13 Å². The maximum atomic E-state index is 12.8. The molecule has 1 nitrogen and oxygen atoms in total. The van der Waals surface area contributed by atoms with Gasteiger partial charge in [-0.1, -0.05) is 12.1 Å². The van der Waals surface area contributed by atoms with Crippen LogP contribution in [0.15, 0.2) is 24.3 Å². The number of halogens is 3. The predicted molar refractivity (Wildman–Crippen MR) is 50.1 cm³/mol. The molecule has 0 saturated heterocycles. The molecule has 0 atom stereocenters. The zero-order valence-corrected chi connectivity index (χ0v) is 8.26. The minimum Gasteiger partial charge on any atom is -0.390 e. The molecule has 4 heteroatoms. The fourth-order valence-electron chi connectivity index (χ4n) is 0.807. The van der Waals surface area contributed by atoms with Crippen molar-refractivity contribution in [2.24, 2.45) is 0 Å². The second-order valence-corrected chi connectivity index (χ2v) is 3.62. The fourth-order valence-corrected chi connectivity index (χ4v) is 1.35. The molecule has 0 radical (unpaired) electrons. The molecule has 12 heavy (non-hydrogen) atoms. The Balaban J connectivity index is 3.03. The molecule has 1 rings (SSSR count). The molecule has 1 aromatic carbocycles. The molecule has 0 amide bonds. The zero-order valence-electron chi connectivity index (χ0n) is 6.10. The summed E-state index contributed by atoms with van der Waals surface area (Å²) in [6.45, 7) is -1.15. The second kappa shape index (κ2) is 3.66. The molecule has 0 spiro atoms. The quantitative estimate of drug-likeness (QED) is 0.827. The largest absolute Gasteiger partial charge is 0.390 e. The molecule has 0 aliphatic heterocycles. The molecular weight excluding hydrogens is 277 g/mol. The van der Waals surface area contributed by atoms with Gasteiger partial charge in [0.05, 0.1) is 0 Å². The summed E-state index contributed by atoms with van der Waals surface area (Å²) in [5, 5.41) is 8.39. The third-order valence-electron chi connectivity index (χ3n) is 1.45. The Bertz CT molecular complexity index is 276. The van der Waals surface area contributed by atoms with Gasteiger partial charge in [-0.05, 0) is 34.7 Å². The van der Waals surface area contributed by atoms with Gasteiger partial charge in [0.25, 0.3) is 5.92 Å². The lowest BCUT2D eigenvalue weighted by Crippen LogP contribution is -2.18. The first kappa shape index (κ1) is 9.85. The van der Waals surface area contributed by atoms with Crippen LogP contribution in [0.2, 0.25) is 0 Å². The van der Waals surface area contributed by atoms with Crippen molar-refractivity contribution < 1.29 is 13.9 Å². The lowest BCUT2D eigenvalue weighted by atomic mass is 10.1. The number of hydrogen-bond acceptors (Lipinski definition) is 1. The van der Waals surface area contributed by atoms with E-state index in [9.17, 15) is 8.78 Å². The van der Waals surface area contributed by atoms with E-state index in [-0.39, 0.29) is 5.56 Å². The van der Waals surface area contributed by atoms with Crippen LogP contribution < -0.4 is 0 Å². The molecule has 0 aliphatic carbocycles. The standard InChI is InChI=1S/C8H7F2IO/c9-8(10,5-12)6-2-1-3-7(11)4-6/h1-4,12H,5H2. The molecule has 0 fully saturated rings. The van der Waals surface area contributed by atoms with Gasteiger partial charge in [-0.25, -0.2) is 0 Å². The van der Waals surface area contributed by atoms with Crippen molar-refractivity contribution in [2.75, 3.05) is 6.61 Å². The summed E-state index contributed by atoms with van der Waals surface area (Å²) in [6.07, 6.45) is 0. The molecule has 0 saturated carbocycles. The highest BCUT2D eigenvalue weighted by Gasteiger charge is 2.30. The molecule has 1 N–H and O–H groups in total. The van der Waals surface area contributed by atoms with E-state index in [2.05, 4.69) is 0 Å². The van der Waals surface area contributed by atoms with Crippen LogP contribution >= 0.6 is 22.6 Å². The van der Waals surface area contributed by atoms with Gasteiger partial charge in [0.2, 0.25) is 0 Å². The highest BCUT2D eigenvalue weighted by molar-refractivity contribution is 14.1. The van der Waals surface area contributed by atoms with Crippen LogP contribution in [0.5, 0.6) is 0 Å². The van der Waals surface area contributed by atoms with E-state index in [1.54, 1.807) is 12.1 Å². The third-order valence-corrected chi connectivity index (χ3v) is 2.12. The SMILES string of the molecule is OCC(F)(F)c1cccc(I)c1. The van der Waals surface area contributed by atoms with E-state index >= 15 is 0 Å². The van der Waals surface area contributed by atoms with Crippen molar-refractivity contribution in [3.8, 4) is 0 Å². The lowest BCUT2D eigenvalue weighted by Gasteiger charge is -2.13. The molecular formula is C8H7F2IO. The van der Waals surface area contributed by atoms with Crippen LogP contribution in [0, 0.1) is 3.57 Å². The minimum absolute atomic E-state index is 0.142. The maximum Gasteiger partial charge on any atom is 0.295 e. The molecule has 0 aromatic heterocycles. The number of benzene rings is 1. The molecule has 0 heterocycles. The van der Waals surface area contributed by atoms with Crippen LogP contribution in [0.4, 0.5) is 8.78 Å². The second-order valence-electron chi connectivity index (χ2n) is 2.37. The summed E-state index contributed by atoms with van der Waals surface area (Å²) in [5.74, 6) is -3.12. The summed E-state index contributed by atoms with van der Waals surface area (Å²) in [5.41, 5.74) is -0.142. The lowest BCUT2D eigenvalue weighted by molar-refractivity contribution is -0.0556. The summed E-state index contributed by atoms with van der Waals surface area (Å²) in [4.78, 5) is 0. The van der Waals surface area contributed by atoms with Gasteiger partial charge in [0.1, 0.15) is 6.61 Å². The van der Waals surface area contributed by atoms with Gasteiger partial charge < -0.3 is 5.11 Å². The summed E-state index contributed by atoms with van der Waals surface area (Å²) < 4.78 is 26.4. The first-order valence-corrected chi connectivity index (χ1v) is 4.39. The Morgan fingerprint density at radius 1 is 1.42 bits per heavy atom. The van der Waals surface area contributed by atoms with Crippen molar-refractivity contribution in [2.45, 2.75) is 5.92 Å². The molecule has 0 aliphatic rings. The number of hydrogen-bond donors (Lipinski definition) is 1. The van der Waals surface area contributed by atoms with E-state index in [4.69, 9.17) is 5.11 Å². The van der Waals surface area contributed by atoms with Crippen LogP contribution in [0.25, 0.3) is 0 Å². The Morgan fingerprint density at radius 2 is 2.08 bits per heavy atom. The third kappa shape index (κ3) is 2.13. The molecule has 0 bridgehead atoms.